The van der Waals surface area contributed by atoms with Gasteiger partial charge in [-0.1, -0.05) is 36.4 Å². The first-order valence-electron chi connectivity index (χ1n) is 6.94. The molecule has 0 unspecified atom stereocenters. The number of hydrogen-bond acceptors (Lipinski definition) is 3. The van der Waals surface area contributed by atoms with Crippen molar-refractivity contribution in [2.24, 2.45) is 0 Å². The van der Waals surface area contributed by atoms with Crippen molar-refractivity contribution in [2.75, 3.05) is 0 Å². The summed E-state index contributed by atoms with van der Waals surface area (Å²) >= 11 is 0. The first-order valence-corrected chi connectivity index (χ1v) is 6.94. The normalized spacial score (nSPS) is 12.6. The van der Waals surface area contributed by atoms with Gasteiger partial charge in [0, 0.05) is 11.1 Å². The van der Waals surface area contributed by atoms with Crippen LogP contribution >= 0.6 is 0 Å². The molecule has 0 saturated carbocycles. The fourth-order valence-corrected chi connectivity index (χ4v) is 2.27. The van der Waals surface area contributed by atoms with Crippen molar-refractivity contribution in [1.82, 2.24) is 0 Å². The van der Waals surface area contributed by atoms with E-state index in [1.807, 2.05) is 68.5 Å². The Hall–Kier alpha value is -2.55. The molecule has 21 heavy (non-hydrogen) atoms. The van der Waals surface area contributed by atoms with Crippen LogP contribution in [0.2, 0.25) is 0 Å². The second kappa shape index (κ2) is 5.44. The number of ether oxygens (including phenoxy) is 2. The van der Waals surface area contributed by atoms with Crippen molar-refractivity contribution in [1.29, 1.82) is 0 Å². The number of benzene rings is 2. The Balaban J connectivity index is 2.15. The monoisotopic (exact) mass is 280 g/mol. The predicted octanol–water partition coefficient (Wildman–Crippen LogP) is 4.28. The molecule has 1 aliphatic heterocycles. The summed E-state index contributed by atoms with van der Waals surface area (Å²) in [6.45, 7) is 3.68. The maximum absolute atomic E-state index is 12.4. The number of hydrogen-bond donors (Lipinski definition) is 0. The summed E-state index contributed by atoms with van der Waals surface area (Å²) in [7, 11) is 0. The number of para-hydroxylation sites is 2. The highest BCUT2D eigenvalue weighted by Crippen LogP contribution is 2.38. The second-order valence-corrected chi connectivity index (χ2v) is 5.15. The molecule has 0 bridgehead atoms. The fraction of sp³-hybridized carbons (Fsp3) is 0.167. The van der Waals surface area contributed by atoms with Crippen molar-refractivity contribution in [3.63, 3.8) is 0 Å². The third kappa shape index (κ3) is 2.68. The number of fused-ring (bicyclic) bond motifs is 2. The lowest BCUT2D eigenvalue weighted by Crippen LogP contribution is -2.13. The van der Waals surface area contributed by atoms with Gasteiger partial charge in [-0.2, -0.15) is 0 Å². The number of rotatable bonds is 2. The van der Waals surface area contributed by atoms with Gasteiger partial charge in [-0.15, -0.1) is 0 Å². The number of esters is 1. The minimum atomic E-state index is -0.335. The van der Waals surface area contributed by atoms with E-state index < -0.39 is 0 Å². The SMILES string of the molecule is CC(C)OC(=O)C1=Cc2ccccc2Oc2ccccc21. The highest BCUT2D eigenvalue weighted by atomic mass is 16.5. The summed E-state index contributed by atoms with van der Waals surface area (Å²) < 4.78 is 11.3. The molecule has 106 valence electrons. The maximum Gasteiger partial charge on any atom is 0.339 e. The summed E-state index contributed by atoms with van der Waals surface area (Å²) in [6, 6.07) is 15.1. The van der Waals surface area contributed by atoms with E-state index in [1.165, 1.54) is 0 Å². The van der Waals surface area contributed by atoms with E-state index in [-0.39, 0.29) is 12.1 Å². The van der Waals surface area contributed by atoms with Crippen LogP contribution in [-0.2, 0) is 9.53 Å². The molecule has 3 heteroatoms. The van der Waals surface area contributed by atoms with Gasteiger partial charge in [0.1, 0.15) is 11.5 Å². The van der Waals surface area contributed by atoms with E-state index in [9.17, 15) is 4.79 Å². The van der Waals surface area contributed by atoms with E-state index >= 15 is 0 Å². The highest BCUT2D eigenvalue weighted by Gasteiger charge is 2.22. The lowest BCUT2D eigenvalue weighted by molar-refractivity contribution is -0.140. The van der Waals surface area contributed by atoms with Crippen LogP contribution in [0.1, 0.15) is 25.0 Å². The zero-order valence-corrected chi connectivity index (χ0v) is 12.0. The van der Waals surface area contributed by atoms with Crippen LogP contribution < -0.4 is 4.74 Å². The fourth-order valence-electron chi connectivity index (χ4n) is 2.27. The lowest BCUT2D eigenvalue weighted by Gasteiger charge is -2.12. The zero-order chi connectivity index (χ0) is 14.8. The van der Waals surface area contributed by atoms with Gasteiger partial charge in [-0.05, 0) is 32.1 Å². The van der Waals surface area contributed by atoms with Crippen LogP contribution in [-0.4, -0.2) is 12.1 Å². The lowest BCUT2D eigenvalue weighted by atomic mass is 10.0. The molecule has 0 N–H and O–H groups in total. The van der Waals surface area contributed by atoms with Crippen LogP contribution in [0.3, 0.4) is 0 Å². The molecule has 0 spiro atoms. The third-order valence-electron chi connectivity index (χ3n) is 3.18. The second-order valence-electron chi connectivity index (χ2n) is 5.15. The van der Waals surface area contributed by atoms with Crippen LogP contribution in [0.25, 0.3) is 11.6 Å². The Morgan fingerprint density at radius 2 is 1.67 bits per heavy atom. The van der Waals surface area contributed by atoms with E-state index in [0.717, 1.165) is 16.9 Å². The van der Waals surface area contributed by atoms with E-state index in [0.29, 0.717) is 11.3 Å². The number of carbonyl (C=O) groups is 1. The average molecular weight is 280 g/mol. The molecule has 1 heterocycles. The average Bonchev–Trinajstić information content (AvgIpc) is 2.63. The van der Waals surface area contributed by atoms with E-state index in [2.05, 4.69) is 0 Å². The maximum atomic E-state index is 12.4. The summed E-state index contributed by atoms with van der Waals surface area (Å²) in [5.41, 5.74) is 2.13. The van der Waals surface area contributed by atoms with Crippen molar-refractivity contribution < 1.29 is 14.3 Å². The molecule has 0 atom stereocenters. The van der Waals surface area contributed by atoms with Crippen LogP contribution in [0.5, 0.6) is 11.5 Å². The molecule has 3 rings (SSSR count). The Kier molecular flexibility index (Phi) is 3.48. The van der Waals surface area contributed by atoms with Gasteiger partial charge in [-0.25, -0.2) is 4.79 Å². The smallest absolute Gasteiger partial charge is 0.339 e. The molecule has 0 aromatic heterocycles. The van der Waals surface area contributed by atoms with Crippen LogP contribution in [0.15, 0.2) is 48.5 Å². The number of carbonyl (C=O) groups excluding carboxylic acids is 1. The quantitative estimate of drug-likeness (QED) is 0.770. The molecule has 2 aromatic rings. The van der Waals surface area contributed by atoms with E-state index in [4.69, 9.17) is 9.47 Å². The van der Waals surface area contributed by atoms with Gasteiger partial charge >= 0.3 is 5.97 Å². The van der Waals surface area contributed by atoms with Gasteiger partial charge in [0.2, 0.25) is 0 Å². The topological polar surface area (TPSA) is 35.5 Å². The third-order valence-corrected chi connectivity index (χ3v) is 3.18. The molecule has 1 aliphatic rings. The van der Waals surface area contributed by atoms with E-state index in [1.54, 1.807) is 0 Å². The molecule has 0 fully saturated rings. The molecule has 0 radical (unpaired) electrons. The minimum Gasteiger partial charge on any atom is -0.459 e. The Morgan fingerprint density at radius 1 is 1.00 bits per heavy atom. The largest absolute Gasteiger partial charge is 0.459 e. The molecule has 3 nitrogen and oxygen atoms in total. The zero-order valence-electron chi connectivity index (χ0n) is 12.0. The van der Waals surface area contributed by atoms with Gasteiger partial charge in [0.15, 0.2) is 0 Å². The molecular weight excluding hydrogens is 264 g/mol. The van der Waals surface area contributed by atoms with Gasteiger partial charge < -0.3 is 9.47 Å². The standard InChI is InChI=1S/C18H16O3/c1-12(2)20-18(19)15-11-13-7-3-5-9-16(13)21-17-10-6-4-8-14(15)17/h3-12H,1-2H3. The first kappa shape index (κ1) is 13.4. The van der Waals surface area contributed by atoms with Crippen molar-refractivity contribution in [2.45, 2.75) is 20.0 Å². The van der Waals surface area contributed by atoms with Crippen molar-refractivity contribution >= 4 is 17.6 Å². The summed E-state index contributed by atoms with van der Waals surface area (Å²) in [4.78, 5) is 12.4. The Labute approximate surface area is 123 Å². The molecule has 0 saturated heterocycles. The summed E-state index contributed by atoms with van der Waals surface area (Å²) in [5, 5.41) is 0. The van der Waals surface area contributed by atoms with Crippen LogP contribution in [0.4, 0.5) is 0 Å². The molecule has 2 aromatic carbocycles. The summed E-state index contributed by atoms with van der Waals surface area (Å²) in [5.74, 6) is 1.06. The molecule has 0 amide bonds. The predicted molar refractivity (Wildman–Crippen MR) is 82.1 cm³/mol. The summed E-state index contributed by atoms with van der Waals surface area (Å²) in [6.07, 6.45) is 1.66. The van der Waals surface area contributed by atoms with Gasteiger partial charge in [-0.3, -0.25) is 0 Å². The minimum absolute atomic E-state index is 0.162. The van der Waals surface area contributed by atoms with Gasteiger partial charge in [0.25, 0.3) is 0 Å². The molecule has 0 aliphatic carbocycles. The highest BCUT2D eigenvalue weighted by molar-refractivity contribution is 6.22. The van der Waals surface area contributed by atoms with Gasteiger partial charge in [0.05, 0.1) is 11.7 Å². The van der Waals surface area contributed by atoms with Crippen molar-refractivity contribution in [3.8, 4) is 11.5 Å². The first-order chi connectivity index (χ1) is 10.1. The van der Waals surface area contributed by atoms with Crippen LogP contribution in [0, 0.1) is 0 Å². The Morgan fingerprint density at radius 3 is 2.43 bits per heavy atom. The Bertz CT molecular complexity index is 714. The van der Waals surface area contributed by atoms with Crippen molar-refractivity contribution in [3.05, 3.63) is 59.7 Å². The molecular formula is C18H16O3.